The molecule has 0 saturated heterocycles. The van der Waals surface area contributed by atoms with Crippen LogP contribution in [0.25, 0.3) is 11.0 Å². The van der Waals surface area contributed by atoms with E-state index < -0.39 is 6.04 Å². The lowest BCUT2D eigenvalue weighted by Gasteiger charge is -2.31. The van der Waals surface area contributed by atoms with Crippen LogP contribution < -0.4 is 20.1 Å². The molecule has 0 spiro atoms. The van der Waals surface area contributed by atoms with Crippen molar-refractivity contribution < 1.29 is 14.3 Å². The molecule has 2 heterocycles. The van der Waals surface area contributed by atoms with Crippen molar-refractivity contribution in [1.29, 1.82) is 0 Å². The molecule has 1 amide bonds. The van der Waals surface area contributed by atoms with Crippen LogP contribution in [0, 0.1) is 0 Å². The predicted octanol–water partition coefficient (Wildman–Crippen LogP) is 4.98. The number of imidazole rings is 1. The molecule has 3 aromatic carbocycles. The van der Waals surface area contributed by atoms with Crippen molar-refractivity contribution in [2.24, 2.45) is 0 Å². The third-order valence-corrected chi connectivity index (χ3v) is 5.86. The smallest absolute Gasteiger partial charge is 0.255 e. The number of hydrogen-bond acceptors (Lipinski definition) is 5. The number of aromatic nitrogens is 2. The van der Waals surface area contributed by atoms with E-state index >= 15 is 0 Å². The molecule has 33 heavy (non-hydrogen) atoms. The van der Waals surface area contributed by atoms with E-state index in [1.54, 1.807) is 14.2 Å². The molecule has 0 fully saturated rings. The normalized spacial score (nSPS) is 15.1. The second-order valence-corrected chi connectivity index (χ2v) is 7.78. The molecule has 4 aromatic rings. The Hall–Kier alpha value is -4.26. The maximum absolute atomic E-state index is 13.7. The number of carbonyl (C=O) groups excluding carboxylic acids is 1. The van der Waals surface area contributed by atoms with E-state index in [4.69, 9.17) is 14.5 Å². The van der Waals surface area contributed by atoms with E-state index in [0.717, 1.165) is 28.0 Å². The molecule has 1 atom stereocenters. The summed E-state index contributed by atoms with van der Waals surface area (Å²) >= 11 is 0. The molecule has 0 bridgehead atoms. The number of carbonyl (C=O) groups is 1. The Morgan fingerprint density at radius 2 is 1.70 bits per heavy atom. The van der Waals surface area contributed by atoms with Gasteiger partial charge in [-0.1, -0.05) is 30.3 Å². The summed E-state index contributed by atoms with van der Waals surface area (Å²) < 4.78 is 13.0. The molecule has 0 aliphatic carbocycles. The van der Waals surface area contributed by atoms with E-state index in [1.165, 1.54) is 0 Å². The standard InChI is InChI=1S/C26H24N4O3/c1-16-23(25(31)28-17-12-14-18(32-2)15-13-17)24(19-8-4-7-11-22(19)33-3)30-21-10-6-5-9-20(21)29-26(30)27-16/h4-15,24H,1-3H3,(H,27,29)(H,28,31). The summed E-state index contributed by atoms with van der Waals surface area (Å²) in [6, 6.07) is 22.5. The highest BCUT2D eigenvalue weighted by Crippen LogP contribution is 2.42. The van der Waals surface area contributed by atoms with Gasteiger partial charge in [0, 0.05) is 16.9 Å². The zero-order chi connectivity index (χ0) is 22.9. The summed E-state index contributed by atoms with van der Waals surface area (Å²) in [5, 5.41) is 6.37. The van der Waals surface area contributed by atoms with E-state index in [0.29, 0.717) is 23.0 Å². The van der Waals surface area contributed by atoms with E-state index in [-0.39, 0.29) is 5.91 Å². The maximum atomic E-state index is 13.7. The molecular weight excluding hydrogens is 416 g/mol. The van der Waals surface area contributed by atoms with Crippen LogP contribution >= 0.6 is 0 Å². The van der Waals surface area contributed by atoms with Crippen molar-refractivity contribution in [3.63, 3.8) is 0 Å². The number of fused-ring (bicyclic) bond motifs is 3. The fraction of sp³-hybridized carbons (Fsp3) is 0.154. The number of allylic oxidation sites excluding steroid dienone is 1. The number of nitrogens with one attached hydrogen (secondary N) is 2. The highest BCUT2D eigenvalue weighted by atomic mass is 16.5. The van der Waals surface area contributed by atoms with Gasteiger partial charge in [-0.2, -0.15) is 0 Å². The Balaban J connectivity index is 1.65. The summed E-state index contributed by atoms with van der Waals surface area (Å²) in [6.45, 7) is 1.90. The summed E-state index contributed by atoms with van der Waals surface area (Å²) in [4.78, 5) is 18.4. The molecule has 7 nitrogen and oxygen atoms in total. The minimum Gasteiger partial charge on any atom is -0.497 e. The molecule has 1 aromatic heterocycles. The van der Waals surface area contributed by atoms with Crippen LogP contribution in [0.1, 0.15) is 18.5 Å². The average Bonchev–Trinajstić information content (AvgIpc) is 3.21. The van der Waals surface area contributed by atoms with Crippen molar-refractivity contribution in [1.82, 2.24) is 9.55 Å². The zero-order valence-corrected chi connectivity index (χ0v) is 18.6. The average molecular weight is 441 g/mol. The number of nitrogens with zero attached hydrogens (tertiary/aromatic N) is 2. The first-order valence-corrected chi connectivity index (χ1v) is 10.6. The van der Waals surface area contributed by atoms with Gasteiger partial charge in [0.2, 0.25) is 5.95 Å². The second-order valence-electron chi connectivity index (χ2n) is 7.78. The molecule has 0 radical (unpaired) electrons. The zero-order valence-electron chi connectivity index (χ0n) is 18.6. The van der Waals surface area contributed by atoms with Crippen molar-refractivity contribution in [3.05, 3.63) is 89.6 Å². The van der Waals surface area contributed by atoms with E-state index in [2.05, 4.69) is 15.2 Å². The minimum atomic E-state index is -0.428. The van der Waals surface area contributed by atoms with Gasteiger partial charge in [-0.3, -0.25) is 9.36 Å². The summed E-state index contributed by atoms with van der Waals surface area (Å²) in [6.07, 6.45) is 0. The van der Waals surface area contributed by atoms with Crippen molar-refractivity contribution in [2.75, 3.05) is 24.9 Å². The maximum Gasteiger partial charge on any atom is 0.255 e. The van der Waals surface area contributed by atoms with Crippen LogP contribution in [-0.2, 0) is 4.79 Å². The van der Waals surface area contributed by atoms with Crippen LogP contribution in [0.4, 0.5) is 11.6 Å². The fourth-order valence-electron chi connectivity index (χ4n) is 4.32. The lowest BCUT2D eigenvalue weighted by atomic mass is 9.93. The van der Waals surface area contributed by atoms with Crippen molar-refractivity contribution >= 4 is 28.6 Å². The number of ether oxygens (including phenoxy) is 2. The second kappa shape index (κ2) is 8.35. The third-order valence-electron chi connectivity index (χ3n) is 5.86. The molecule has 1 unspecified atom stereocenters. The fourth-order valence-corrected chi connectivity index (χ4v) is 4.32. The van der Waals surface area contributed by atoms with Crippen LogP contribution in [0.3, 0.4) is 0 Å². The lowest BCUT2D eigenvalue weighted by molar-refractivity contribution is -0.113. The van der Waals surface area contributed by atoms with Gasteiger partial charge in [0.1, 0.15) is 11.5 Å². The quantitative estimate of drug-likeness (QED) is 0.458. The number of anilines is 2. The van der Waals surface area contributed by atoms with Gasteiger partial charge in [0.15, 0.2) is 0 Å². The summed E-state index contributed by atoms with van der Waals surface area (Å²) in [7, 11) is 3.25. The topological polar surface area (TPSA) is 77.4 Å². The van der Waals surface area contributed by atoms with Crippen LogP contribution in [0.2, 0.25) is 0 Å². The number of methoxy groups -OCH3 is 2. The predicted molar refractivity (Wildman–Crippen MR) is 129 cm³/mol. The molecule has 1 aliphatic rings. The third kappa shape index (κ3) is 3.57. The molecular formula is C26H24N4O3. The van der Waals surface area contributed by atoms with Crippen LogP contribution in [0.15, 0.2) is 84.1 Å². The van der Waals surface area contributed by atoms with Crippen molar-refractivity contribution in [2.45, 2.75) is 13.0 Å². The monoisotopic (exact) mass is 440 g/mol. The summed E-state index contributed by atoms with van der Waals surface area (Å²) in [5.41, 5.74) is 4.67. The number of benzene rings is 3. The number of amides is 1. The molecule has 5 rings (SSSR count). The lowest BCUT2D eigenvalue weighted by Crippen LogP contribution is -2.31. The van der Waals surface area contributed by atoms with Gasteiger partial charge in [0.05, 0.1) is 36.9 Å². The van der Waals surface area contributed by atoms with Gasteiger partial charge in [-0.25, -0.2) is 4.98 Å². The van der Waals surface area contributed by atoms with Gasteiger partial charge >= 0.3 is 0 Å². The van der Waals surface area contributed by atoms with Crippen LogP contribution in [-0.4, -0.2) is 29.7 Å². The molecule has 2 N–H and O–H groups in total. The van der Waals surface area contributed by atoms with E-state index in [1.807, 2.05) is 79.7 Å². The Labute approximate surface area is 191 Å². The Bertz CT molecular complexity index is 1370. The number of rotatable bonds is 5. The minimum absolute atomic E-state index is 0.204. The molecule has 166 valence electrons. The first-order valence-electron chi connectivity index (χ1n) is 10.6. The van der Waals surface area contributed by atoms with Crippen LogP contribution in [0.5, 0.6) is 11.5 Å². The first kappa shape index (κ1) is 20.6. The first-order chi connectivity index (χ1) is 16.1. The SMILES string of the molecule is COc1ccc(NC(=O)C2=C(C)Nc3nc4ccccc4n3C2c2ccccc2OC)cc1. The largest absolute Gasteiger partial charge is 0.497 e. The Morgan fingerprint density at radius 1 is 0.970 bits per heavy atom. The van der Waals surface area contributed by atoms with Gasteiger partial charge in [-0.05, 0) is 49.4 Å². The van der Waals surface area contributed by atoms with Gasteiger partial charge < -0.3 is 20.1 Å². The molecule has 1 aliphatic heterocycles. The molecule has 0 saturated carbocycles. The highest BCUT2D eigenvalue weighted by molar-refractivity contribution is 6.06. The Kier molecular flexibility index (Phi) is 5.22. The molecule has 7 heteroatoms. The highest BCUT2D eigenvalue weighted by Gasteiger charge is 2.35. The van der Waals surface area contributed by atoms with Crippen molar-refractivity contribution in [3.8, 4) is 11.5 Å². The van der Waals surface area contributed by atoms with Gasteiger partial charge in [0.25, 0.3) is 5.91 Å². The van der Waals surface area contributed by atoms with E-state index in [9.17, 15) is 4.79 Å². The number of hydrogen-bond donors (Lipinski definition) is 2. The van der Waals surface area contributed by atoms with Gasteiger partial charge in [-0.15, -0.1) is 0 Å². The summed E-state index contributed by atoms with van der Waals surface area (Å²) in [5.74, 6) is 1.91. The number of para-hydroxylation sites is 3. The Morgan fingerprint density at radius 3 is 2.45 bits per heavy atom.